The Morgan fingerprint density at radius 3 is 2.31 bits per heavy atom. The van der Waals surface area contributed by atoms with Crippen molar-refractivity contribution in [2.24, 2.45) is 0 Å². The number of rotatable bonds is 3. The third-order valence-electron chi connectivity index (χ3n) is 4.51. The first-order valence-electron chi connectivity index (χ1n) is 8.25. The molecule has 26 heavy (non-hydrogen) atoms. The van der Waals surface area contributed by atoms with E-state index in [1.165, 1.54) is 4.90 Å². The van der Waals surface area contributed by atoms with Crippen LogP contribution < -0.4 is 10.6 Å². The molecule has 0 aliphatic carbocycles. The summed E-state index contributed by atoms with van der Waals surface area (Å²) in [6.45, 7) is 3.78. The molecule has 0 saturated carbocycles. The summed E-state index contributed by atoms with van der Waals surface area (Å²) < 4.78 is 0.937. The quantitative estimate of drug-likeness (QED) is 0.784. The van der Waals surface area contributed by atoms with Crippen molar-refractivity contribution >= 4 is 33.6 Å². The molecule has 6 heteroatoms. The number of nitrogens with zero attached hydrogens (tertiary/aromatic N) is 1. The van der Waals surface area contributed by atoms with Gasteiger partial charge in [-0.2, -0.15) is 0 Å². The Balaban J connectivity index is 1.97. The van der Waals surface area contributed by atoms with E-state index in [1.807, 2.05) is 55.5 Å². The van der Waals surface area contributed by atoms with Crippen LogP contribution in [0.1, 0.15) is 24.1 Å². The fraction of sp³-hybridized carbons (Fsp3) is 0.200. The highest BCUT2D eigenvalue weighted by molar-refractivity contribution is 9.10. The first-order chi connectivity index (χ1) is 12.4. The van der Waals surface area contributed by atoms with Gasteiger partial charge in [0.25, 0.3) is 5.91 Å². The number of carbonyl (C=O) groups excluding carboxylic acids is 2. The summed E-state index contributed by atoms with van der Waals surface area (Å²) in [7, 11) is 1.65. The van der Waals surface area contributed by atoms with Crippen molar-refractivity contribution in [1.82, 2.24) is 10.2 Å². The van der Waals surface area contributed by atoms with Gasteiger partial charge in [0.1, 0.15) is 0 Å². The van der Waals surface area contributed by atoms with E-state index in [2.05, 4.69) is 26.6 Å². The SMILES string of the molecule is CC1=C(C(=O)Nc2ccc(C)cc2)C(c2ccc(Br)cc2)NC(=O)N1C. The minimum absolute atomic E-state index is 0.230. The van der Waals surface area contributed by atoms with Gasteiger partial charge in [-0.05, 0) is 43.7 Å². The summed E-state index contributed by atoms with van der Waals surface area (Å²) in [6.07, 6.45) is 0. The van der Waals surface area contributed by atoms with Crippen LogP contribution in [0.2, 0.25) is 0 Å². The van der Waals surface area contributed by atoms with Crippen molar-refractivity contribution in [2.75, 3.05) is 12.4 Å². The van der Waals surface area contributed by atoms with E-state index in [0.717, 1.165) is 21.3 Å². The molecule has 5 nitrogen and oxygen atoms in total. The fourth-order valence-corrected chi connectivity index (χ4v) is 3.13. The monoisotopic (exact) mass is 413 g/mol. The molecule has 134 valence electrons. The number of urea groups is 1. The molecule has 3 rings (SSSR count). The van der Waals surface area contributed by atoms with Crippen LogP contribution in [0.15, 0.2) is 64.3 Å². The number of anilines is 1. The van der Waals surface area contributed by atoms with Crippen LogP contribution in [0.4, 0.5) is 10.5 Å². The minimum Gasteiger partial charge on any atom is -0.327 e. The summed E-state index contributed by atoms with van der Waals surface area (Å²) in [5.41, 5.74) is 3.84. The predicted molar refractivity (Wildman–Crippen MR) is 106 cm³/mol. The maximum Gasteiger partial charge on any atom is 0.322 e. The largest absolute Gasteiger partial charge is 0.327 e. The van der Waals surface area contributed by atoms with Gasteiger partial charge < -0.3 is 15.5 Å². The van der Waals surface area contributed by atoms with Gasteiger partial charge >= 0.3 is 6.03 Å². The summed E-state index contributed by atoms with van der Waals surface area (Å²) in [5, 5.41) is 5.84. The molecule has 0 radical (unpaired) electrons. The van der Waals surface area contributed by atoms with Crippen molar-refractivity contribution in [3.63, 3.8) is 0 Å². The smallest absolute Gasteiger partial charge is 0.322 e. The second kappa shape index (κ2) is 7.33. The van der Waals surface area contributed by atoms with E-state index in [4.69, 9.17) is 0 Å². The molecule has 0 aromatic heterocycles. The Labute approximate surface area is 161 Å². The van der Waals surface area contributed by atoms with E-state index >= 15 is 0 Å². The number of aryl methyl sites for hydroxylation is 1. The molecule has 1 unspecified atom stereocenters. The van der Waals surface area contributed by atoms with Crippen molar-refractivity contribution in [3.8, 4) is 0 Å². The zero-order valence-corrected chi connectivity index (χ0v) is 16.4. The van der Waals surface area contributed by atoms with Crippen molar-refractivity contribution in [1.29, 1.82) is 0 Å². The van der Waals surface area contributed by atoms with E-state index < -0.39 is 6.04 Å². The van der Waals surface area contributed by atoms with Crippen LogP contribution >= 0.6 is 15.9 Å². The zero-order chi connectivity index (χ0) is 18.8. The Hall–Kier alpha value is -2.60. The van der Waals surface area contributed by atoms with Gasteiger partial charge in [-0.15, -0.1) is 0 Å². The topological polar surface area (TPSA) is 61.4 Å². The normalized spacial score (nSPS) is 17.2. The Kier molecular flexibility index (Phi) is 5.13. The molecule has 2 aromatic carbocycles. The first kappa shape index (κ1) is 18.2. The molecule has 2 N–H and O–H groups in total. The standard InChI is InChI=1S/C20H20BrN3O2/c1-12-4-10-16(11-5-12)22-19(25)17-13(2)24(3)20(26)23-18(17)14-6-8-15(21)9-7-14/h4-11,18H,1-3H3,(H,22,25)(H,23,26). The third kappa shape index (κ3) is 3.65. The van der Waals surface area contributed by atoms with Crippen molar-refractivity contribution < 1.29 is 9.59 Å². The second-order valence-corrected chi connectivity index (χ2v) is 7.23. The average Bonchev–Trinajstić information content (AvgIpc) is 2.62. The second-order valence-electron chi connectivity index (χ2n) is 6.31. The predicted octanol–water partition coefficient (Wildman–Crippen LogP) is 4.37. The minimum atomic E-state index is -0.503. The molecule has 3 amide bonds. The van der Waals surface area contributed by atoms with Crippen LogP contribution in [-0.2, 0) is 4.79 Å². The molecule has 0 fully saturated rings. The molecule has 2 aromatic rings. The van der Waals surface area contributed by atoms with E-state index in [-0.39, 0.29) is 11.9 Å². The Morgan fingerprint density at radius 1 is 1.08 bits per heavy atom. The molecule has 0 saturated heterocycles. The molecule has 1 aliphatic rings. The number of hydrogen-bond donors (Lipinski definition) is 2. The maximum absolute atomic E-state index is 13.0. The summed E-state index contributed by atoms with van der Waals surface area (Å²) in [5.74, 6) is -0.230. The van der Waals surface area contributed by atoms with E-state index in [9.17, 15) is 9.59 Å². The lowest BCUT2D eigenvalue weighted by Gasteiger charge is -2.33. The number of allylic oxidation sites excluding steroid dienone is 1. The van der Waals surface area contributed by atoms with Gasteiger partial charge in [-0.3, -0.25) is 4.79 Å². The van der Waals surface area contributed by atoms with Crippen LogP contribution in [-0.4, -0.2) is 23.9 Å². The lowest BCUT2D eigenvalue weighted by Crippen LogP contribution is -2.46. The average molecular weight is 414 g/mol. The Bertz CT molecular complexity index is 873. The first-order valence-corrected chi connectivity index (χ1v) is 9.04. The summed E-state index contributed by atoms with van der Waals surface area (Å²) >= 11 is 3.41. The van der Waals surface area contributed by atoms with Gasteiger partial charge in [0, 0.05) is 22.9 Å². The van der Waals surface area contributed by atoms with Gasteiger partial charge in [0.05, 0.1) is 11.6 Å². The highest BCUT2D eigenvalue weighted by Crippen LogP contribution is 2.31. The molecule has 0 bridgehead atoms. The molecule has 1 atom stereocenters. The third-order valence-corrected chi connectivity index (χ3v) is 5.04. The summed E-state index contributed by atoms with van der Waals surface area (Å²) in [4.78, 5) is 26.7. The Morgan fingerprint density at radius 2 is 1.69 bits per heavy atom. The van der Waals surface area contributed by atoms with Crippen LogP contribution in [0.3, 0.4) is 0 Å². The number of carbonyl (C=O) groups is 2. The van der Waals surface area contributed by atoms with Gasteiger partial charge in [-0.1, -0.05) is 45.8 Å². The van der Waals surface area contributed by atoms with Crippen molar-refractivity contribution in [2.45, 2.75) is 19.9 Å². The van der Waals surface area contributed by atoms with Crippen LogP contribution in [0.5, 0.6) is 0 Å². The zero-order valence-electron chi connectivity index (χ0n) is 14.8. The van der Waals surface area contributed by atoms with Gasteiger partial charge in [-0.25, -0.2) is 4.79 Å². The van der Waals surface area contributed by atoms with Gasteiger partial charge in [0.2, 0.25) is 0 Å². The maximum atomic E-state index is 13.0. The van der Waals surface area contributed by atoms with Crippen LogP contribution in [0, 0.1) is 6.92 Å². The molecule has 1 heterocycles. The fourth-order valence-electron chi connectivity index (χ4n) is 2.87. The molecular formula is C20H20BrN3O2. The number of amides is 3. The number of benzene rings is 2. The number of nitrogens with one attached hydrogen (secondary N) is 2. The van der Waals surface area contributed by atoms with Crippen molar-refractivity contribution in [3.05, 3.63) is 75.4 Å². The number of halogens is 1. The number of hydrogen-bond acceptors (Lipinski definition) is 2. The molecule has 0 spiro atoms. The van der Waals surface area contributed by atoms with Gasteiger partial charge in [0.15, 0.2) is 0 Å². The lowest BCUT2D eigenvalue weighted by molar-refractivity contribution is -0.113. The molecular weight excluding hydrogens is 394 g/mol. The molecule has 1 aliphatic heterocycles. The van der Waals surface area contributed by atoms with Crippen LogP contribution in [0.25, 0.3) is 0 Å². The highest BCUT2D eigenvalue weighted by atomic mass is 79.9. The summed E-state index contributed by atoms with van der Waals surface area (Å²) in [6, 6.07) is 14.5. The van der Waals surface area contributed by atoms with E-state index in [1.54, 1.807) is 14.0 Å². The lowest BCUT2D eigenvalue weighted by atomic mass is 9.94. The highest BCUT2D eigenvalue weighted by Gasteiger charge is 2.34. The van der Waals surface area contributed by atoms with E-state index in [0.29, 0.717) is 11.3 Å².